The highest BCUT2D eigenvalue weighted by Gasteiger charge is 2.26. The minimum Gasteiger partial charge on any atom is -0.364 e. The molecular weight excluding hydrogens is 278 g/mol. The molecule has 114 valence electrons. The molecule has 1 aliphatic rings. The molecule has 0 amide bonds. The number of hydrogen-bond donors (Lipinski definition) is 1. The van der Waals surface area contributed by atoms with E-state index in [2.05, 4.69) is 21.0 Å². The Hall–Kier alpha value is -2.34. The third-order valence-electron chi connectivity index (χ3n) is 4.43. The summed E-state index contributed by atoms with van der Waals surface area (Å²) in [7, 11) is 0. The monoisotopic (exact) mass is 297 g/mol. The summed E-state index contributed by atoms with van der Waals surface area (Å²) in [5, 5.41) is 4.39. The van der Waals surface area contributed by atoms with Crippen LogP contribution in [0.3, 0.4) is 0 Å². The molecule has 1 N–H and O–H groups in total. The molecule has 1 atom stereocenters. The number of hydrogen-bond acceptors (Lipinski definition) is 3. The molecule has 0 spiro atoms. The highest BCUT2D eigenvalue weighted by Crippen LogP contribution is 2.30. The van der Waals surface area contributed by atoms with Crippen molar-refractivity contribution < 1.29 is 0 Å². The van der Waals surface area contributed by atoms with Gasteiger partial charge in [-0.15, -0.1) is 5.10 Å². The summed E-state index contributed by atoms with van der Waals surface area (Å²) in [6.07, 6.45) is 6.10. The highest BCUT2D eigenvalue weighted by atomic mass is 16.2. The molecule has 22 heavy (non-hydrogen) atoms. The Kier molecular flexibility index (Phi) is 3.31. The second kappa shape index (κ2) is 5.46. The number of nitrogens with one attached hydrogen (secondary N) is 1. The molecule has 1 saturated heterocycles. The van der Waals surface area contributed by atoms with Crippen LogP contribution in [-0.4, -0.2) is 37.2 Å². The predicted octanol–water partition coefficient (Wildman–Crippen LogP) is 1.66. The van der Waals surface area contributed by atoms with Crippen LogP contribution in [-0.2, 0) is 6.54 Å². The van der Waals surface area contributed by atoms with Crippen LogP contribution >= 0.6 is 0 Å². The molecule has 3 aromatic rings. The molecule has 6 nitrogen and oxygen atoms in total. The van der Waals surface area contributed by atoms with E-state index in [9.17, 15) is 4.79 Å². The summed E-state index contributed by atoms with van der Waals surface area (Å²) >= 11 is 0. The van der Waals surface area contributed by atoms with Crippen LogP contribution in [0, 0.1) is 0 Å². The number of nitrogens with zero attached hydrogens (tertiary/aromatic N) is 4. The fourth-order valence-corrected chi connectivity index (χ4v) is 3.33. The maximum atomic E-state index is 12.3. The molecule has 4 rings (SSSR count). The first-order chi connectivity index (χ1) is 10.8. The molecular formula is C16H19N5O. The van der Waals surface area contributed by atoms with E-state index in [1.807, 2.05) is 30.5 Å². The zero-order valence-electron chi connectivity index (χ0n) is 12.4. The van der Waals surface area contributed by atoms with E-state index in [1.165, 1.54) is 18.5 Å². The molecule has 0 radical (unpaired) electrons. The molecule has 6 heteroatoms. The van der Waals surface area contributed by atoms with Crippen molar-refractivity contribution in [2.75, 3.05) is 13.1 Å². The Morgan fingerprint density at radius 2 is 2.18 bits per heavy atom. The molecule has 0 bridgehead atoms. The standard InChI is InChI=1S/C16H19N5O/c22-16-20-10-2-1-7-15(20)18-21(16)12-11-19-9-4-6-14(19)13-5-3-8-17-13/h1-3,5,7-8,10,14,17H,4,6,9,11-12H2/t14-/m0/s1. The summed E-state index contributed by atoms with van der Waals surface area (Å²) in [5.74, 6) is 0. The van der Waals surface area contributed by atoms with Gasteiger partial charge in [-0.3, -0.25) is 9.30 Å². The largest absolute Gasteiger partial charge is 0.364 e. The van der Waals surface area contributed by atoms with Crippen molar-refractivity contribution in [3.63, 3.8) is 0 Å². The Morgan fingerprint density at radius 3 is 3.00 bits per heavy atom. The summed E-state index contributed by atoms with van der Waals surface area (Å²) in [4.78, 5) is 18.0. The molecule has 1 aliphatic heterocycles. The Bertz CT molecular complexity index is 817. The number of pyridine rings is 1. The number of rotatable bonds is 4. The Labute approximate surface area is 128 Å². The van der Waals surface area contributed by atoms with Gasteiger partial charge in [-0.1, -0.05) is 6.07 Å². The van der Waals surface area contributed by atoms with E-state index < -0.39 is 0 Å². The van der Waals surface area contributed by atoms with Crippen molar-refractivity contribution in [1.82, 2.24) is 24.1 Å². The van der Waals surface area contributed by atoms with E-state index in [-0.39, 0.29) is 5.69 Å². The van der Waals surface area contributed by atoms with Gasteiger partial charge in [0.1, 0.15) is 0 Å². The maximum Gasteiger partial charge on any atom is 0.350 e. The highest BCUT2D eigenvalue weighted by molar-refractivity contribution is 5.35. The number of fused-ring (bicyclic) bond motifs is 1. The first kappa shape index (κ1) is 13.3. The second-order valence-corrected chi connectivity index (χ2v) is 5.75. The quantitative estimate of drug-likeness (QED) is 0.797. The lowest BCUT2D eigenvalue weighted by Crippen LogP contribution is -2.31. The second-order valence-electron chi connectivity index (χ2n) is 5.75. The van der Waals surface area contributed by atoms with Crippen molar-refractivity contribution >= 4 is 5.65 Å². The van der Waals surface area contributed by atoms with Crippen LogP contribution in [0.2, 0.25) is 0 Å². The van der Waals surface area contributed by atoms with Crippen molar-refractivity contribution in [2.45, 2.75) is 25.4 Å². The lowest BCUT2D eigenvalue weighted by Gasteiger charge is -2.23. The smallest absolute Gasteiger partial charge is 0.350 e. The van der Waals surface area contributed by atoms with E-state index in [0.717, 1.165) is 13.1 Å². The predicted molar refractivity (Wildman–Crippen MR) is 83.8 cm³/mol. The van der Waals surface area contributed by atoms with Gasteiger partial charge in [-0.05, 0) is 43.7 Å². The summed E-state index contributed by atoms with van der Waals surface area (Å²) < 4.78 is 3.16. The van der Waals surface area contributed by atoms with Gasteiger partial charge in [-0.25, -0.2) is 9.48 Å². The van der Waals surface area contributed by atoms with Crippen LogP contribution in [0.15, 0.2) is 47.5 Å². The molecule has 4 heterocycles. The zero-order chi connectivity index (χ0) is 14.9. The summed E-state index contributed by atoms with van der Waals surface area (Å²) in [5.41, 5.74) is 1.90. The van der Waals surface area contributed by atoms with Gasteiger partial charge in [0.15, 0.2) is 5.65 Å². The normalized spacial score (nSPS) is 19.2. The van der Waals surface area contributed by atoms with Crippen molar-refractivity contribution in [1.29, 1.82) is 0 Å². The topological polar surface area (TPSA) is 58.3 Å². The molecule has 3 aromatic heterocycles. The number of aromatic nitrogens is 4. The fourth-order valence-electron chi connectivity index (χ4n) is 3.33. The first-order valence-electron chi connectivity index (χ1n) is 7.74. The zero-order valence-corrected chi connectivity index (χ0v) is 12.4. The first-order valence-corrected chi connectivity index (χ1v) is 7.74. The molecule has 0 unspecified atom stereocenters. The van der Waals surface area contributed by atoms with E-state index in [4.69, 9.17) is 0 Å². The van der Waals surface area contributed by atoms with Gasteiger partial charge in [-0.2, -0.15) is 0 Å². The SMILES string of the molecule is O=c1n(CCN2CCC[C@H]2c2ccc[nH]2)nc2ccccn12. The molecule has 1 fully saturated rings. The van der Waals surface area contributed by atoms with Crippen LogP contribution < -0.4 is 5.69 Å². The number of likely N-dealkylation sites (tertiary alicyclic amines) is 1. The van der Waals surface area contributed by atoms with Gasteiger partial charge in [0, 0.05) is 30.7 Å². The molecule has 0 aliphatic carbocycles. The van der Waals surface area contributed by atoms with Gasteiger partial charge in [0.05, 0.1) is 6.54 Å². The van der Waals surface area contributed by atoms with Gasteiger partial charge in [0.25, 0.3) is 0 Å². The van der Waals surface area contributed by atoms with Crippen LogP contribution in [0.4, 0.5) is 0 Å². The fraction of sp³-hybridized carbons (Fsp3) is 0.375. The van der Waals surface area contributed by atoms with E-state index in [0.29, 0.717) is 18.2 Å². The number of H-pyrrole nitrogens is 1. The lowest BCUT2D eigenvalue weighted by molar-refractivity contribution is 0.238. The summed E-state index contributed by atoms with van der Waals surface area (Å²) in [6.45, 7) is 2.54. The van der Waals surface area contributed by atoms with Crippen molar-refractivity contribution in [3.8, 4) is 0 Å². The van der Waals surface area contributed by atoms with Gasteiger partial charge < -0.3 is 4.98 Å². The molecule has 0 saturated carbocycles. The van der Waals surface area contributed by atoms with Crippen molar-refractivity contribution in [3.05, 3.63) is 58.9 Å². The van der Waals surface area contributed by atoms with Crippen LogP contribution in [0.5, 0.6) is 0 Å². The minimum atomic E-state index is -0.0637. The van der Waals surface area contributed by atoms with Crippen LogP contribution in [0.25, 0.3) is 5.65 Å². The third kappa shape index (κ3) is 2.25. The third-order valence-corrected chi connectivity index (χ3v) is 4.43. The maximum absolute atomic E-state index is 12.3. The van der Waals surface area contributed by atoms with E-state index >= 15 is 0 Å². The summed E-state index contributed by atoms with van der Waals surface area (Å²) in [6, 6.07) is 10.2. The van der Waals surface area contributed by atoms with Crippen molar-refractivity contribution in [2.24, 2.45) is 0 Å². The van der Waals surface area contributed by atoms with Gasteiger partial charge in [0.2, 0.25) is 0 Å². The van der Waals surface area contributed by atoms with Crippen LogP contribution in [0.1, 0.15) is 24.6 Å². The Balaban J connectivity index is 1.52. The molecule has 0 aromatic carbocycles. The average molecular weight is 297 g/mol. The Morgan fingerprint density at radius 1 is 1.23 bits per heavy atom. The lowest BCUT2D eigenvalue weighted by atomic mass is 10.1. The average Bonchev–Trinajstić information content (AvgIpc) is 3.25. The van der Waals surface area contributed by atoms with E-state index in [1.54, 1.807) is 15.3 Å². The number of aromatic amines is 1. The van der Waals surface area contributed by atoms with Gasteiger partial charge >= 0.3 is 5.69 Å². The minimum absolute atomic E-state index is 0.0637.